The van der Waals surface area contributed by atoms with Gasteiger partial charge >= 0.3 is 0 Å². The fourth-order valence-electron chi connectivity index (χ4n) is 1.87. The highest BCUT2D eigenvalue weighted by molar-refractivity contribution is 7.99. The minimum absolute atomic E-state index is 0.258. The number of anilines is 1. The molecule has 1 aromatic heterocycles. The Hall–Kier alpha value is -1.26. The van der Waals surface area contributed by atoms with Gasteiger partial charge in [-0.3, -0.25) is 0 Å². The molecular weight excluding hydrogens is 250 g/mol. The average Bonchev–Trinajstić information content (AvgIpc) is 2.79. The Balaban J connectivity index is 1.98. The molecule has 0 amide bonds. The molecule has 2 aromatic rings. The number of hydrogen-bond donors (Lipinski definition) is 1. The van der Waals surface area contributed by atoms with Crippen LogP contribution in [0.1, 0.15) is 17.4 Å². The van der Waals surface area contributed by atoms with Crippen molar-refractivity contribution in [2.75, 3.05) is 5.32 Å². The first-order valence-electron chi connectivity index (χ1n) is 5.42. The molecule has 1 aromatic carbocycles. The van der Waals surface area contributed by atoms with Crippen molar-refractivity contribution >= 4 is 34.7 Å². The van der Waals surface area contributed by atoms with Gasteiger partial charge in [-0.2, -0.15) is 0 Å². The highest BCUT2D eigenvalue weighted by atomic mass is 32.2. The lowest BCUT2D eigenvalue weighted by Gasteiger charge is -2.10. The summed E-state index contributed by atoms with van der Waals surface area (Å²) in [5.74, 6) is 0.982. The second kappa shape index (κ2) is 4.55. The largest absolute Gasteiger partial charge is 0.468 e. The first-order valence-corrected chi connectivity index (χ1v) is 6.70. The zero-order valence-corrected chi connectivity index (χ0v) is 10.7. The molecule has 0 bridgehead atoms. The van der Waals surface area contributed by atoms with Gasteiger partial charge in [-0.15, -0.1) is 11.8 Å². The molecule has 0 radical (unpaired) electrons. The van der Waals surface area contributed by atoms with Crippen LogP contribution in [-0.4, -0.2) is 4.99 Å². The minimum atomic E-state index is 0.258. The van der Waals surface area contributed by atoms with E-state index in [4.69, 9.17) is 16.6 Å². The maximum Gasteiger partial charge on any atom is 0.117 e. The van der Waals surface area contributed by atoms with Crippen molar-refractivity contribution < 1.29 is 4.42 Å². The van der Waals surface area contributed by atoms with E-state index < -0.39 is 0 Å². The van der Waals surface area contributed by atoms with Crippen LogP contribution < -0.4 is 5.32 Å². The molecule has 0 unspecified atom stereocenters. The molecule has 1 N–H and O–H groups in total. The summed E-state index contributed by atoms with van der Waals surface area (Å²) in [5.41, 5.74) is 1.09. The number of furan rings is 1. The molecule has 0 fully saturated rings. The maximum atomic E-state index is 5.48. The molecule has 2 nitrogen and oxygen atoms in total. The Morgan fingerprint density at radius 1 is 1.24 bits per heavy atom. The molecular formula is C13H11NOS2. The Morgan fingerprint density at radius 3 is 2.94 bits per heavy atom. The van der Waals surface area contributed by atoms with Crippen LogP contribution in [-0.2, 0) is 0 Å². The maximum absolute atomic E-state index is 5.48. The van der Waals surface area contributed by atoms with Crippen molar-refractivity contribution in [2.45, 2.75) is 16.6 Å². The third-order valence-electron chi connectivity index (χ3n) is 2.66. The Morgan fingerprint density at radius 2 is 2.12 bits per heavy atom. The molecule has 4 heteroatoms. The van der Waals surface area contributed by atoms with Crippen molar-refractivity contribution in [3.05, 3.63) is 48.4 Å². The number of rotatable bonds is 1. The van der Waals surface area contributed by atoms with E-state index in [2.05, 4.69) is 17.4 Å². The van der Waals surface area contributed by atoms with E-state index in [1.807, 2.05) is 24.3 Å². The summed E-state index contributed by atoms with van der Waals surface area (Å²) < 4.78 is 5.48. The molecule has 0 aliphatic carbocycles. The Kier molecular flexibility index (Phi) is 2.91. The second-order valence-corrected chi connectivity index (χ2v) is 5.61. The predicted octanol–water partition coefficient (Wildman–Crippen LogP) is 4.26. The van der Waals surface area contributed by atoms with Crippen LogP contribution in [0, 0.1) is 0 Å². The summed E-state index contributed by atoms with van der Waals surface area (Å²) in [4.78, 5) is 2.08. The van der Waals surface area contributed by atoms with Gasteiger partial charge in [-0.1, -0.05) is 24.4 Å². The van der Waals surface area contributed by atoms with E-state index >= 15 is 0 Å². The molecule has 0 saturated carbocycles. The van der Waals surface area contributed by atoms with Gasteiger partial charge in [0, 0.05) is 11.3 Å². The predicted molar refractivity (Wildman–Crippen MR) is 74.6 cm³/mol. The zero-order chi connectivity index (χ0) is 11.7. The van der Waals surface area contributed by atoms with E-state index in [0.717, 1.165) is 22.9 Å². The van der Waals surface area contributed by atoms with Crippen LogP contribution in [0.25, 0.3) is 0 Å². The summed E-state index contributed by atoms with van der Waals surface area (Å²) in [7, 11) is 0. The van der Waals surface area contributed by atoms with Gasteiger partial charge in [0.05, 0.1) is 22.2 Å². The number of hydrogen-bond acceptors (Lipinski definition) is 3. The number of fused-ring (bicyclic) bond motifs is 1. The number of benzene rings is 1. The first kappa shape index (κ1) is 10.9. The van der Waals surface area contributed by atoms with E-state index in [9.17, 15) is 0 Å². The Bertz CT molecular complexity index is 536. The summed E-state index contributed by atoms with van der Waals surface area (Å²) >= 11 is 7.15. The van der Waals surface area contributed by atoms with Gasteiger partial charge in [-0.25, -0.2) is 0 Å². The van der Waals surface area contributed by atoms with Gasteiger partial charge < -0.3 is 9.73 Å². The van der Waals surface area contributed by atoms with Crippen molar-refractivity contribution in [1.29, 1.82) is 0 Å². The number of para-hydroxylation sites is 1. The van der Waals surface area contributed by atoms with E-state index in [0.29, 0.717) is 0 Å². The molecule has 1 atom stereocenters. The molecule has 17 heavy (non-hydrogen) atoms. The fraction of sp³-hybridized carbons (Fsp3) is 0.154. The molecule has 0 spiro atoms. The van der Waals surface area contributed by atoms with E-state index in [-0.39, 0.29) is 5.25 Å². The smallest absolute Gasteiger partial charge is 0.117 e. The fourth-order valence-corrected chi connectivity index (χ4v) is 3.46. The third kappa shape index (κ3) is 2.23. The molecule has 1 aliphatic heterocycles. The van der Waals surface area contributed by atoms with Crippen molar-refractivity contribution in [3.8, 4) is 0 Å². The van der Waals surface area contributed by atoms with Gasteiger partial charge in [0.2, 0.25) is 0 Å². The van der Waals surface area contributed by atoms with Crippen LogP contribution >= 0.6 is 24.0 Å². The third-order valence-corrected chi connectivity index (χ3v) is 4.22. The lowest BCUT2D eigenvalue weighted by atomic mass is 10.2. The lowest BCUT2D eigenvalue weighted by Crippen LogP contribution is -2.09. The Labute approximate surface area is 109 Å². The molecule has 86 valence electrons. The monoisotopic (exact) mass is 261 g/mol. The summed E-state index contributed by atoms with van der Waals surface area (Å²) in [6.45, 7) is 0. The van der Waals surface area contributed by atoms with E-state index in [1.165, 1.54) is 4.90 Å². The molecule has 3 rings (SSSR count). The summed E-state index contributed by atoms with van der Waals surface area (Å²) in [6, 6.07) is 12.1. The van der Waals surface area contributed by atoms with Crippen LogP contribution in [0.4, 0.5) is 5.69 Å². The quantitative estimate of drug-likeness (QED) is 0.776. The van der Waals surface area contributed by atoms with Gasteiger partial charge in [0.25, 0.3) is 0 Å². The standard InChI is InChI=1S/C13H11NOS2/c16-13-8-12(10-5-3-7-15-10)17-11-6-2-1-4-9(11)14-13/h1-7,12H,8H2,(H,14,16)/t12-/m0/s1. The molecule has 0 saturated heterocycles. The first-order chi connectivity index (χ1) is 8.33. The van der Waals surface area contributed by atoms with Crippen LogP contribution in [0.3, 0.4) is 0 Å². The van der Waals surface area contributed by atoms with Gasteiger partial charge in [-0.05, 0) is 24.3 Å². The van der Waals surface area contributed by atoms with E-state index in [1.54, 1.807) is 18.0 Å². The normalized spacial score (nSPS) is 19.3. The SMILES string of the molecule is S=C1C[C@@H](c2ccco2)Sc2ccccc2N1. The zero-order valence-electron chi connectivity index (χ0n) is 9.05. The summed E-state index contributed by atoms with van der Waals surface area (Å²) in [5, 5.41) is 3.54. The minimum Gasteiger partial charge on any atom is -0.468 e. The highest BCUT2D eigenvalue weighted by Crippen LogP contribution is 2.43. The topological polar surface area (TPSA) is 25.2 Å². The average molecular weight is 261 g/mol. The van der Waals surface area contributed by atoms with Crippen LogP contribution in [0.5, 0.6) is 0 Å². The highest BCUT2D eigenvalue weighted by Gasteiger charge is 2.23. The second-order valence-electron chi connectivity index (χ2n) is 3.87. The van der Waals surface area contributed by atoms with Crippen molar-refractivity contribution in [1.82, 2.24) is 0 Å². The molecule has 1 aliphatic rings. The van der Waals surface area contributed by atoms with Gasteiger partial charge in [0.1, 0.15) is 5.76 Å². The lowest BCUT2D eigenvalue weighted by molar-refractivity contribution is 0.509. The molecule has 2 heterocycles. The van der Waals surface area contributed by atoms with Crippen molar-refractivity contribution in [2.24, 2.45) is 0 Å². The number of thioether (sulfide) groups is 1. The number of thiocarbonyl (C=S) groups is 1. The number of nitrogens with one attached hydrogen (secondary N) is 1. The van der Waals surface area contributed by atoms with Crippen LogP contribution in [0.15, 0.2) is 52.0 Å². The van der Waals surface area contributed by atoms with Crippen LogP contribution in [0.2, 0.25) is 0 Å². The van der Waals surface area contributed by atoms with Crippen molar-refractivity contribution in [3.63, 3.8) is 0 Å². The van der Waals surface area contributed by atoms with Gasteiger partial charge in [0.15, 0.2) is 0 Å². The summed E-state index contributed by atoms with van der Waals surface area (Å²) in [6.07, 6.45) is 2.52.